The number of halogens is 2. The van der Waals surface area contributed by atoms with Gasteiger partial charge in [-0.2, -0.15) is 8.78 Å². The van der Waals surface area contributed by atoms with E-state index in [0.29, 0.717) is 24.0 Å². The molecule has 8 heteroatoms. The number of hydrogen-bond donors (Lipinski definition) is 1. The van der Waals surface area contributed by atoms with Crippen molar-refractivity contribution in [1.29, 1.82) is 0 Å². The third-order valence-corrected chi connectivity index (χ3v) is 5.85. The topological polar surface area (TPSA) is 70.8 Å². The molecule has 0 radical (unpaired) electrons. The second-order valence-corrected chi connectivity index (χ2v) is 7.86. The lowest BCUT2D eigenvalue weighted by Gasteiger charge is -2.20. The van der Waals surface area contributed by atoms with Crippen molar-refractivity contribution in [2.75, 3.05) is 7.11 Å². The number of Topliss-reactive ketones (excluding diaryl/α,β-unsaturated/α-hetero) is 1. The Hall–Kier alpha value is -3.10. The van der Waals surface area contributed by atoms with E-state index >= 15 is 0 Å². The molecule has 166 valence electrons. The largest absolute Gasteiger partial charge is 0.490 e. The van der Waals surface area contributed by atoms with Crippen LogP contribution in [0.25, 0.3) is 11.1 Å². The number of benzene rings is 3. The Morgan fingerprint density at radius 3 is 2.41 bits per heavy atom. The van der Waals surface area contributed by atoms with Crippen LogP contribution in [-0.4, -0.2) is 19.5 Å². The van der Waals surface area contributed by atoms with Crippen molar-refractivity contribution in [3.8, 4) is 28.4 Å². The van der Waals surface area contributed by atoms with Gasteiger partial charge in [0.15, 0.2) is 17.3 Å². The van der Waals surface area contributed by atoms with Gasteiger partial charge in [-0.1, -0.05) is 30.3 Å². The van der Waals surface area contributed by atoms with E-state index in [9.17, 15) is 13.6 Å². The molecule has 0 heterocycles. The van der Waals surface area contributed by atoms with Gasteiger partial charge in [-0.15, -0.1) is 0 Å². The zero-order chi connectivity index (χ0) is 22.7. The zero-order valence-corrected chi connectivity index (χ0v) is 18.1. The Balaban J connectivity index is 1.78. The van der Waals surface area contributed by atoms with Gasteiger partial charge in [0.25, 0.3) is 0 Å². The second kappa shape index (κ2) is 9.58. The second-order valence-electron chi connectivity index (χ2n) is 7.16. The molecule has 3 aromatic carbocycles. The molecule has 0 bridgehead atoms. The van der Waals surface area contributed by atoms with Crippen molar-refractivity contribution >= 4 is 17.7 Å². The minimum absolute atomic E-state index is 0.0684. The van der Waals surface area contributed by atoms with Gasteiger partial charge in [-0.25, -0.2) is 0 Å². The van der Waals surface area contributed by atoms with Gasteiger partial charge >= 0.3 is 6.61 Å². The number of alkyl halides is 2. The van der Waals surface area contributed by atoms with E-state index in [1.807, 2.05) is 30.3 Å². The number of ketones is 1. The van der Waals surface area contributed by atoms with Crippen molar-refractivity contribution in [3.05, 3.63) is 71.3 Å². The molecule has 0 fully saturated rings. The maximum absolute atomic E-state index is 13.0. The first kappa shape index (κ1) is 22.1. The molecule has 0 saturated heterocycles. The third kappa shape index (κ3) is 4.42. The Labute approximate surface area is 188 Å². The molecule has 1 aliphatic carbocycles. The standard InChI is InChI=1S/C24H21F2NO4S/c1-29-23-21(31-24(25)26)12-10-19(16-3-2-4-18-17(16)9-11-20(18)28)22(23)30-13-14-5-7-15(32-27)8-6-14/h2-8,10,12,24H,9,11,13,27H2,1H3. The first-order valence-corrected chi connectivity index (χ1v) is 10.8. The molecule has 0 saturated carbocycles. The number of ether oxygens (including phenoxy) is 3. The molecule has 3 aromatic rings. The number of carbonyl (C=O) groups is 1. The molecule has 0 atom stereocenters. The summed E-state index contributed by atoms with van der Waals surface area (Å²) in [6.07, 6.45) is 1.05. The Kier molecular flexibility index (Phi) is 6.62. The molecule has 1 aliphatic rings. The SMILES string of the molecule is COc1c(OC(F)F)ccc(-c2cccc3c2CCC3=O)c1OCc1ccc(SN)cc1. The van der Waals surface area contributed by atoms with Gasteiger partial charge in [0.2, 0.25) is 5.75 Å². The highest BCUT2D eigenvalue weighted by molar-refractivity contribution is 7.97. The highest BCUT2D eigenvalue weighted by Crippen LogP contribution is 2.47. The van der Waals surface area contributed by atoms with Crippen molar-refractivity contribution in [1.82, 2.24) is 0 Å². The maximum atomic E-state index is 13.0. The summed E-state index contributed by atoms with van der Waals surface area (Å²) >= 11 is 1.14. The minimum Gasteiger partial charge on any atom is -0.490 e. The number of carbonyl (C=O) groups excluding carboxylic acids is 1. The number of hydrogen-bond acceptors (Lipinski definition) is 6. The maximum Gasteiger partial charge on any atom is 0.387 e. The van der Waals surface area contributed by atoms with Crippen molar-refractivity contribution in [3.63, 3.8) is 0 Å². The third-order valence-electron chi connectivity index (χ3n) is 5.31. The molecule has 32 heavy (non-hydrogen) atoms. The Bertz CT molecular complexity index is 1140. The Morgan fingerprint density at radius 2 is 1.72 bits per heavy atom. The van der Waals surface area contributed by atoms with E-state index in [4.69, 9.17) is 14.6 Å². The van der Waals surface area contributed by atoms with E-state index in [2.05, 4.69) is 4.74 Å². The average Bonchev–Trinajstić information content (AvgIpc) is 3.18. The summed E-state index contributed by atoms with van der Waals surface area (Å²) in [7, 11) is 1.37. The molecule has 0 unspecified atom stereocenters. The first-order chi connectivity index (χ1) is 15.5. The molecule has 4 rings (SSSR count). The van der Waals surface area contributed by atoms with Gasteiger partial charge < -0.3 is 14.2 Å². The van der Waals surface area contributed by atoms with Crippen LogP contribution in [0, 0.1) is 0 Å². The summed E-state index contributed by atoms with van der Waals surface area (Å²) in [5.41, 5.74) is 3.90. The number of methoxy groups -OCH3 is 1. The monoisotopic (exact) mass is 457 g/mol. The summed E-state index contributed by atoms with van der Waals surface area (Å²) in [6, 6.07) is 16.1. The highest BCUT2D eigenvalue weighted by Gasteiger charge is 2.26. The lowest BCUT2D eigenvalue weighted by atomic mass is 9.95. The van der Waals surface area contributed by atoms with Gasteiger partial charge in [0.1, 0.15) is 6.61 Å². The van der Waals surface area contributed by atoms with E-state index in [0.717, 1.165) is 33.5 Å². The summed E-state index contributed by atoms with van der Waals surface area (Å²) in [6.45, 7) is -2.84. The molecular weight excluding hydrogens is 436 g/mol. The predicted octanol–water partition coefficient (Wildman–Crippen LogP) is 5.64. The average molecular weight is 457 g/mol. The summed E-state index contributed by atoms with van der Waals surface area (Å²) in [4.78, 5) is 13.1. The van der Waals surface area contributed by atoms with Crippen LogP contribution in [0.1, 0.15) is 27.9 Å². The van der Waals surface area contributed by atoms with Crippen LogP contribution in [0.4, 0.5) is 8.78 Å². The van der Waals surface area contributed by atoms with Crippen molar-refractivity contribution < 1.29 is 27.8 Å². The van der Waals surface area contributed by atoms with Crippen LogP contribution in [0.15, 0.2) is 59.5 Å². The number of nitrogens with two attached hydrogens (primary N) is 1. The van der Waals surface area contributed by atoms with E-state index in [1.54, 1.807) is 18.2 Å². The van der Waals surface area contributed by atoms with E-state index in [-0.39, 0.29) is 29.6 Å². The lowest BCUT2D eigenvalue weighted by Crippen LogP contribution is -2.06. The van der Waals surface area contributed by atoms with Gasteiger partial charge in [0, 0.05) is 22.4 Å². The first-order valence-electron chi connectivity index (χ1n) is 9.91. The van der Waals surface area contributed by atoms with Crippen LogP contribution < -0.4 is 19.3 Å². The molecular formula is C24H21F2NO4S. The van der Waals surface area contributed by atoms with Crippen molar-refractivity contribution in [2.45, 2.75) is 31.0 Å². The fourth-order valence-electron chi connectivity index (χ4n) is 3.84. The number of fused-ring (bicyclic) bond motifs is 1. The zero-order valence-electron chi connectivity index (χ0n) is 17.3. The van der Waals surface area contributed by atoms with Crippen LogP contribution in [0.3, 0.4) is 0 Å². The quantitative estimate of drug-likeness (QED) is 0.442. The van der Waals surface area contributed by atoms with Gasteiger partial charge in [-0.3, -0.25) is 9.93 Å². The molecule has 0 spiro atoms. The van der Waals surface area contributed by atoms with Crippen molar-refractivity contribution in [2.24, 2.45) is 5.14 Å². The molecule has 0 amide bonds. The fraction of sp³-hybridized carbons (Fsp3) is 0.208. The smallest absolute Gasteiger partial charge is 0.387 e. The lowest BCUT2D eigenvalue weighted by molar-refractivity contribution is -0.0513. The summed E-state index contributed by atoms with van der Waals surface area (Å²) in [5.74, 6) is 0.307. The predicted molar refractivity (Wildman–Crippen MR) is 119 cm³/mol. The van der Waals surface area contributed by atoms with E-state index in [1.165, 1.54) is 13.2 Å². The van der Waals surface area contributed by atoms with Gasteiger partial charge in [-0.05, 0) is 59.3 Å². The normalized spacial score (nSPS) is 12.7. The van der Waals surface area contributed by atoms with Gasteiger partial charge in [0.05, 0.1) is 7.11 Å². The Morgan fingerprint density at radius 1 is 0.969 bits per heavy atom. The highest BCUT2D eigenvalue weighted by atomic mass is 32.2. The van der Waals surface area contributed by atoms with Crippen LogP contribution >= 0.6 is 11.9 Å². The van der Waals surface area contributed by atoms with Crippen LogP contribution in [-0.2, 0) is 13.0 Å². The molecule has 5 nitrogen and oxygen atoms in total. The van der Waals surface area contributed by atoms with E-state index < -0.39 is 6.61 Å². The fourth-order valence-corrected chi connectivity index (χ4v) is 4.14. The minimum atomic E-state index is -3.01. The molecule has 2 N–H and O–H groups in total. The summed E-state index contributed by atoms with van der Waals surface area (Å²) < 4.78 is 42.1. The molecule has 0 aliphatic heterocycles. The number of rotatable bonds is 8. The molecule has 0 aromatic heterocycles. The van der Waals surface area contributed by atoms with Crippen LogP contribution in [0.5, 0.6) is 17.2 Å². The summed E-state index contributed by atoms with van der Waals surface area (Å²) in [5, 5.41) is 5.57. The van der Waals surface area contributed by atoms with Crippen LogP contribution in [0.2, 0.25) is 0 Å².